The molecule has 0 fully saturated rings. The number of hydrogen-bond donors (Lipinski definition) is 0. The zero-order chi connectivity index (χ0) is 11.8. The van der Waals surface area contributed by atoms with Crippen LogP contribution in [0.1, 0.15) is 5.56 Å². The smallest absolute Gasteiger partial charge is 0.144 e. The van der Waals surface area contributed by atoms with Crippen molar-refractivity contribution in [1.29, 1.82) is 0 Å². The Hall–Kier alpha value is -1.80. The van der Waals surface area contributed by atoms with E-state index in [9.17, 15) is 0 Å². The second-order valence-corrected chi connectivity index (χ2v) is 4.52. The predicted molar refractivity (Wildman–Crippen MR) is 70.4 cm³/mol. The molecule has 0 unspecified atom stereocenters. The lowest BCUT2D eigenvalue weighted by molar-refractivity contribution is 1.16. The fraction of sp³-hybridized carbons (Fsp3) is 0.0714. The van der Waals surface area contributed by atoms with Gasteiger partial charge in [-0.2, -0.15) is 0 Å². The van der Waals surface area contributed by atoms with Gasteiger partial charge >= 0.3 is 0 Å². The maximum atomic E-state index is 5.95. The number of fused-ring (bicyclic) bond motifs is 1. The summed E-state index contributed by atoms with van der Waals surface area (Å²) >= 11 is 5.95. The van der Waals surface area contributed by atoms with Crippen molar-refractivity contribution in [1.82, 2.24) is 9.38 Å². The van der Waals surface area contributed by atoms with Gasteiger partial charge in [-0.05, 0) is 19.1 Å². The summed E-state index contributed by atoms with van der Waals surface area (Å²) in [6.07, 6.45) is 3.78. The minimum absolute atomic E-state index is 0.729. The summed E-state index contributed by atoms with van der Waals surface area (Å²) < 4.78 is 2.04. The van der Waals surface area contributed by atoms with Gasteiger partial charge in [0.1, 0.15) is 5.82 Å². The average Bonchev–Trinajstić information content (AvgIpc) is 2.73. The number of aromatic nitrogens is 2. The number of halogens is 1. The fourth-order valence-corrected chi connectivity index (χ4v) is 2.06. The van der Waals surface area contributed by atoms with Crippen LogP contribution >= 0.6 is 11.6 Å². The quantitative estimate of drug-likeness (QED) is 0.631. The zero-order valence-electron chi connectivity index (χ0n) is 9.39. The van der Waals surface area contributed by atoms with Gasteiger partial charge in [0.25, 0.3) is 0 Å². The van der Waals surface area contributed by atoms with Crippen molar-refractivity contribution < 1.29 is 0 Å². The number of imidazole rings is 1. The number of nitrogens with zero attached hydrogens (tertiary/aromatic N) is 2. The van der Waals surface area contributed by atoms with E-state index < -0.39 is 0 Å². The van der Waals surface area contributed by atoms with Crippen LogP contribution in [0.3, 0.4) is 0 Å². The SMILES string of the molecule is Cc1ccc(-c2ncc3cc(Cl)ccn23)cc1. The Balaban J connectivity index is 2.21. The lowest BCUT2D eigenvalue weighted by atomic mass is 10.1. The van der Waals surface area contributed by atoms with E-state index >= 15 is 0 Å². The van der Waals surface area contributed by atoms with Crippen molar-refractivity contribution in [2.45, 2.75) is 6.92 Å². The molecule has 2 nitrogen and oxygen atoms in total. The van der Waals surface area contributed by atoms with Crippen LogP contribution in [0.4, 0.5) is 0 Å². The van der Waals surface area contributed by atoms with Gasteiger partial charge in [0.15, 0.2) is 0 Å². The standard InChI is InChI=1S/C14H11ClN2/c1-10-2-4-11(5-3-10)14-16-9-13-8-12(15)6-7-17(13)14/h2-9H,1H3. The summed E-state index contributed by atoms with van der Waals surface area (Å²) in [4.78, 5) is 4.44. The van der Waals surface area contributed by atoms with Crippen LogP contribution in [-0.2, 0) is 0 Å². The highest BCUT2D eigenvalue weighted by Gasteiger charge is 2.05. The number of aryl methyl sites for hydroxylation is 1. The van der Waals surface area contributed by atoms with Crippen molar-refractivity contribution in [3.05, 3.63) is 59.4 Å². The summed E-state index contributed by atoms with van der Waals surface area (Å²) in [5.41, 5.74) is 3.36. The normalized spacial score (nSPS) is 10.9. The molecule has 3 heteroatoms. The van der Waals surface area contributed by atoms with Gasteiger partial charge in [-0.3, -0.25) is 4.40 Å². The predicted octanol–water partition coefficient (Wildman–Crippen LogP) is 3.96. The zero-order valence-corrected chi connectivity index (χ0v) is 10.1. The third-order valence-corrected chi connectivity index (χ3v) is 3.04. The van der Waals surface area contributed by atoms with Crippen LogP contribution in [-0.4, -0.2) is 9.38 Å². The van der Waals surface area contributed by atoms with E-state index in [0.717, 1.165) is 21.9 Å². The molecule has 17 heavy (non-hydrogen) atoms. The maximum Gasteiger partial charge on any atom is 0.144 e. The van der Waals surface area contributed by atoms with E-state index in [1.54, 1.807) is 0 Å². The van der Waals surface area contributed by atoms with Gasteiger partial charge in [-0.15, -0.1) is 0 Å². The third kappa shape index (κ3) is 1.81. The summed E-state index contributed by atoms with van der Waals surface area (Å²) in [6.45, 7) is 2.08. The summed E-state index contributed by atoms with van der Waals surface area (Å²) in [6, 6.07) is 12.1. The molecule has 3 rings (SSSR count). The molecule has 1 aromatic carbocycles. The Morgan fingerprint density at radius 3 is 2.65 bits per heavy atom. The van der Waals surface area contributed by atoms with Crippen LogP contribution in [0.15, 0.2) is 48.8 Å². The Morgan fingerprint density at radius 1 is 1.12 bits per heavy atom. The first-order valence-corrected chi connectivity index (χ1v) is 5.81. The molecule has 0 saturated carbocycles. The van der Waals surface area contributed by atoms with Gasteiger partial charge in [-0.25, -0.2) is 4.98 Å². The molecule has 0 bridgehead atoms. The maximum absolute atomic E-state index is 5.95. The highest BCUT2D eigenvalue weighted by atomic mass is 35.5. The summed E-state index contributed by atoms with van der Waals surface area (Å²) in [5, 5.41) is 0.729. The Labute approximate surface area is 104 Å². The Morgan fingerprint density at radius 2 is 1.88 bits per heavy atom. The van der Waals surface area contributed by atoms with Gasteiger partial charge in [0.2, 0.25) is 0 Å². The topological polar surface area (TPSA) is 17.3 Å². The first-order valence-electron chi connectivity index (χ1n) is 5.44. The van der Waals surface area contributed by atoms with E-state index in [4.69, 9.17) is 11.6 Å². The molecule has 2 heterocycles. The molecule has 0 saturated heterocycles. The molecule has 0 spiro atoms. The molecule has 0 atom stereocenters. The van der Waals surface area contributed by atoms with Crippen molar-refractivity contribution in [2.24, 2.45) is 0 Å². The van der Waals surface area contributed by atoms with Gasteiger partial charge in [-0.1, -0.05) is 41.4 Å². The molecule has 0 aliphatic carbocycles. The van der Waals surface area contributed by atoms with E-state index in [0.29, 0.717) is 0 Å². The molecular weight excluding hydrogens is 232 g/mol. The molecule has 0 amide bonds. The lowest BCUT2D eigenvalue weighted by Crippen LogP contribution is -1.88. The van der Waals surface area contributed by atoms with Gasteiger partial charge in [0, 0.05) is 16.8 Å². The number of rotatable bonds is 1. The lowest BCUT2D eigenvalue weighted by Gasteiger charge is -2.02. The molecule has 0 radical (unpaired) electrons. The fourth-order valence-electron chi connectivity index (χ4n) is 1.89. The molecule has 0 aliphatic rings. The van der Waals surface area contributed by atoms with E-state index in [2.05, 4.69) is 36.2 Å². The van der Waals surface area contributed by atoms with Crippen molar-refractivity contribution in [3.63, 3.8) is 0 Å². The van der Waals surface area contributed by atoms with E-state index in [1.807, 2.05) is 28.9 Å². The first-order chi connectivity index (χ1) is 8.24. The van der Waals surface area contributed by atoms with Crippen LogP contribution in [0.2, 0.25) is 5.02 Å². The average molecular weight is 243 g/mol. The second-order valence-electron chi connectivity index (χ2n) is 4.09. The largest absolute Gasteiger partial charge is 0.300 e. The highest BCUT2D eigenvalue weighted by Crippen LogP contribution is 2.21. The summed E-state index contributed by atoms with van der Waals surface area (Å²) in [7, 11) is 0. The van der Waals surface area contributed by atoms with Crippen molar-refractivity contribution in [3.8, 4) is 11.4 Å². The van der Waals surface area contributed by atoms with Crippen LogP contribution in [0.25, 0.3) is 16.9 Å². The minimum Gasteiger partial charge on any atom is -0.300 e. The summed E-state index contributed by atoms with van der Waals surface area (Å²) in [5.74, 6) is 0.941. The second kappa shape index (κ2) is 3.90. The Bertz CT molecular complexity index is 668. The number of hydrogen-bond acceptors (Lipinski definition) is 1. The third-order valence-electron chi connectivity index (χ3n) is 2.80. The molecule has 2 aromatic heterocycles. The number of benzene rings is 1. The van der Waals surface area contributed by atoms with Crippen LogP contribution in [0.5, 0.6) is 0 Å². The first kappa shape index (κ1) is 10.4. The highest BCUT2D eigenvalue weighted by molar-refractivity contribution is 6.30. The molecular formula is C14H11ClN2. The van der Waals surface area contributed by atoms with Crippen LogP contribution in [0, 0.1) is 6.92 Å². The molecule has 84 valence electrons. The monoisotopic (exact) mass is 242 g/mol. The van der Waals surface area contributed by atoms with E-state index in [-0.39, 0.29) is 0 Å². The number of pyridine rings is 1. The van der Waals surface area contributed by atoms with Crippen molar-refractivity contribution >= 4 is 17.1 Å². The molecule has 0 N–H and O–H groups in total. The Kier molecular flexibility index (Phi) is 2.37. The van der Waals surface area contributed by atoms with Gasteiger partial charge < -0.3 is 0 Å². The van der Waals surface area contributed by atoms with Gasteiger partial charge in [0.05, 0.1) is 11.7 Å². The molecule has 0 aliphatic heterocycles. The minimum atomic E-state index is 0.729. The molecule has 3 aromatic rings. The van der Waals surface area contributed by atoms with E-state index in [1.165, 1.54) is 5.56 Å². The van der Waals surface area contributed by atoms with Crippen LogP contribution < -0.4 is 0 Å². The van der Waals surface area contributed by atoms with Crippen molar-refractivity contribution in [2.75, 3.05) is 0 Å².